The lowest BCUT2D eigenvalue weighted by molar-refractivity contribution is 0.0740. The molecule has 9 nitrogen and oxygen atoms in total. The van der Waals surface area contributed by atoms with E-state index in [1.54, 1.807) is 11.7 Å². The number of anilines is 1. The van der Waals surface area contributed by atoms with E-state index in [1.165, 1.54) is 30.2 Å². The maximum atomic E-state index is 12.9. The van der Waals surface area contributed by atoms with Gasteiger partial charge in [0.25, 0.3) is 11.5 Å². The quantitative estimate of drug-likeness (QED) is 0.694. The molecule has 0 atom stereocenters. The highest BCUT2D eigenvalue weighted by atomic mass is 16.2. The summed E-state index contributed by atoms with van der Waals surface area (Å²) in [6, 6.07) is 1.97. The lowest BCUT2D eigenvalue weighted by Crippen LogP contribution is -2.49. The van der Waals surface area contributed by atoms with Gasteiger partial charge in [0, 0.05) is 39.4 Å². The van der Waals surface area contributed by atoms with Crippen LogP contribution in [-0.2, 0) is 19.9 Å². The van der Waals surface area contributed by atoms with Crippen molar-refractivity contribution in [2.75, 3.05) is 31.1 Å². The maximum absolute atomic E-state index is 12.9. The van der Waals surface area contributed by atoms with E-state index in [-0.39, 0.29) is 11.5 Å². The Labute approximate surface area is 167 Å². The molecule has 0 bridgehead atoms. The number of carbonyl (C=O) groups is 1. The van der Waals surface area contributed by atoms with Crippen LogP contribution in [0.2, 0.25) is 0 Å². The number of piperazine rings is 1. The molecule has 0 unspecified atom stereocenters. The van der Waals surface area contributed by atoms with Gasteiger partial charge in [-0.2, -0.15) is 10.1 Å². The van der Waals surface area contributed by atoms with Gasteiger partial charge in [-0.25, -0.2) is 0 Å². The molecule has 0 saturated carbocycles. The average molecular weight is 393 g/mol. The number of nitrogens with one attached hydrogen (secondary N) is 1. The molecular weight excluding hydrogens is 370 g/mol. The summed E-state index contributed by atoms with van der Waals surface area (Å²) in [5.74, 6) is 0.492. The van der Waals surface area contributed by atoms with Crippen LogP contribution in [0.4, 0.5) is 5.95 Å². The smallest absolute Gasteiger partial charge is 0.272 e. The second-order valence-electron chi connectivity index (χ2n) is 7.72. The van der Waals surface area contributed by atoms with Crippen molar-refractivity contribution < 1.29 is 4.79 Å². The summed E-state index contributed by atoms with van der Waals surface area (Å²) in [6.45, 7) is 2.32. The number of hydrogen-bond acceptors (Lipinski definition) is 6. The first kappa shape index (κ1) is 17.8. The maximum Gasteiger partial charge on any atom is 0.272 e. The van der Waals surface area contributed by atoms with Gasteiger partial charge in [0.2, 0.25) is 5.95 Å². The van der Waals surface area contributed by atoms with Gasteiger partial charge in [0.05, 0.1) is 6.20 Å². The first-order chi connectivity index (χ1) is 14.1. The van der Waals surface area contributed by atoms with Crippen LogP contribution in [-0.4, -0.2) is 61.7 Å². The summed E-state index contributed by atoms with van der Waals surface area (Å²) in [5, 5.41) is 4.57. The van der Waals surface area contributed by atoms with Crippen LogP contribution in [0, 0.1) is 0 Å². The molecule has 150 valence electrons. The number of nitrogens with zero attached hydrogens (tertiary/aromatic N) is 6. The molecule has 2 aliphatic rings. The Morgan fingerprint density at radius 3 is 2.62 bits per heavy atom. The van der Waals surface area contributed by atoms with Crippen LogP contribution in [0.1, 0.15) is 34.5 Å². The van der Waals surface area contributed by atoms with Gasteiger partial charge < -0.3 is 9.80 Å². The molecule has 3 aromatic heterocycles. The Balaban J connectivity index is 1.31. The van der Waals surface area contributed by atoms with Crippen molar-refractivity contribution in [3.05, 3.63) is 45.6 Å². The minimum atomic E-state index is -0.199. The normalized spacial score (nSPS) is 16.9. The van der Waals surface area contributed by atoms with Crippen molar-refractivity contribution in [3.63, 3.8) is 0 Å². The van der Waals surface area contributed by atoms with Gasteiger partial charge in [-0.1, -0.05) is 0 Å². The largest absolute Gasteiger partial charge is 0.339 e. The number of aromatic amines is 1. The van der Waals surface area contributed by atoms with E-state index in [0.29, 0.717) is 48.9 Å². The Morgan fingerprint density at radius 2 is 1.83 bits per heavy atom. The predicted molar refractivity (Wildman–Crippen MR) is 108 cm³/mol. The number of carbonyl (C=O) groups excluding carboxylic acids is 1. The minimum Gasteiger partial charge on any atom is -0.339 e. The number of hydrogen-bond donors (Lipinski definition) is 1. The molecule has 0 aromatic carbocycles. The van der Waals surface area contributed by atoms with Gasteiger partial charge in [-0.3, -0.25) is 24.2 Å². The molecular formula is C20H23N7O2. The molecule has 4 heterocycles. The molecule has 1 amide bonds. The van der Waals surface area contributed by atoms with E-state index in [4.69, 9.17) is 0 Å². The highest BCUT2D eigenvalue weighted by Crippen LogP contribution is 2.22. The van der Waals surface area contributed by atoms with E-state index in [9.17, 15) is 9.59 Å². The molecule has 5 rings (SSSR count). The van der Waals surface area contributed by atoms with Crippen LogP contribution < -0.4 is 10.5 Å². The fourth-order valence-electron chi connectivity index (χ4n) is 4.19. The SMILES string of the molecule is Cn1ncc2c(=O)[nH]c(N3CCN(C(=O)c4cc5c(cn4)CCCC5)CC3)nc21. The zero-order valence-electron chi connectivity index (χ0n) is 16.4. The molecule has 0 spiro atoms. The predicted octanol–water partition coefficient (Wildman–Crippen LogP) is 0.893. The van der Waals surface area contributed by atoms with Gasteiger partial charge in [-0.15, -0.1) is 0 Å². The second-order valence-corrected chi connectivity index (χ2v) is 7.72. The lowest BCUT2D eigenvalue weighted by Gasteiger charge is -2.34. The average Bonchev–Trinajstić information content (AvgIpc) is 3.14. The summed E-state index contributed by atoms with van der Waals surface area (Å²) in [5.41, 5.74) is 3.43. The third kappa shape index (κ3) is 3.16. The Bertz CT molecular complexity index is 1140. The number of pyridine rings is 1. The standard InChI is InChI=1S/C20H23N7O2/c1-25-17-15(12-22-25)18(28)24-20(23-17)27-8-6-26(7-9-27)19(29)16-10-13-4-2-3-5-14(13)11-21-16/h10-12H,2-9H2,1H3,(H,23,24,28). The summed E-state index contributed by atoms with van der Waals surface area (Å²) in [6.07, 6.45) is 7.85. The van der Waals surface area contributed by atoms with Gasteiger partial charge >= 0.3 is 0 Å². The Hall–Kier alpha value is -3.23. The van der Waals surface area contributed by atoms with E-state index in [2.05, 4.69) is 20.1 Å². The molecule has 9 heteroatoms. The highest BCUT2D eigenvalue weighted by Gasteiger charge is 2.25. The summed E-state index contributed by atoms with van der Waals surface area (Å²) >= 11 is 0. The summed E-state index contributed by atoms with van der Waals surface area (Å²) in [7, 11) is 1.76. The second kappa shape index (κ2) is 6.98. The summed E-state index contributed by atoms with van der Waals surface area (Å²) in [4.78, 5) is 40.8. The van der Waals surface area contributed by atoms with Crippen molar-refractivity contribution in [2.24, 2.45) is 7.05 Å². The molecule has 3 aromatic rings. The third-order valence-electron chi connectivity index (χ3n) is 5.90. The van der Waals surface area contributed by atoms with Crippen LogP contribution in [0.25, 0.3) is 11.0 Å². The van der Waals surface area contributed by atoms with Gasteiger partial charge in [-0.05, 0) is 42.9 Å². The van der Waals surface area contributed by atoms with E-state index >= 15 is 0 Å². The number of aryl methyl sites for hydroxylation is 3. The van der Waals surface area contributed by atoms with Crippen LogP contribution in [0.3, 0.4) is 0 Å². The highest BCUT2D eigenvalue weighted by molar-refractivity contribution is 5.92. The first-order valence-corrected chi connectivity index (χ1v) is 10.0. The molecule has 1 fully saturated rings. The van der Waals surface area contributed by atoms with E-state index in [1.807, 2.05) is 22.1 Å². The Kier molecular flexibility index (Phi) is 4.30. The van der Waals surface area contributed by atoms with Gasteiger partial charge in [0.1, 0.15) is 11.1 Å². The lowest BCUT2D eigenvalue weighted by atomic mass is 9.93. The fraction of sp³-hybridized carbons (Fsp3) is 0.450. The number of rotatable bonds is 2. The van der Waals surface area contributed by atoms with Gasteiger partial charge in [0.15, 0.2) is 5.65 Å². The van der Waals surface area contributed by atoms with Crippen molar-refractivity contribution in [1.29, 1.82) is 0 Å². The van der Waals surface area contributed by atoms with Crippen molar-refractivity contribution >= 4 is 22.9 Å². The molecule has 1 N–H and O–H groups in total. The number of H-pyrrole nitrogens is 1. The van der Waals surface area contributed by atoms with Crippen LogP contribution >= 0.6 is 0 Å². The molecule has 0 radical (unpaired) electrons. The Morgan fingerprint density at radius 1 is 1.07 bits per heavy atom. The fourth-order valence-corrected chi connectivity index (χ4v) is 4.19. The molecule has 1 aliphatic carbocycles. The number of aromatic nitrogens is 5. The zero-order chi connectivity index (χ0) is 20.0. The topological polar surface area (TPSA) is 100 Å². The van der Waals surface area contributed by atoms with Crippen molar-refractivity contribution in [3.8, 4) is 0 Å². The van der Waals surface area contributed by atoms with Crippen molar-refractivity contribution in [2.45, 2.75) is 25.7 Å². The molecule has 1 aliphatic heterocycles. The van der Waals surface area contributed by atoms with Crippen LogP contribution in [0.5, 0.6) is 0 Å². The molecule has 1 saturated heterocycles. The van der Waals surface area contributed by atoms with E-state index in [0.717, 1.165) is 12.8 Å². The molecule has 29 heavy (non-hydrogen) atoms. The number of amides is 1. The monoisotopic (exact) mass is 393 g/mol. The first-order valence-electron chi connectivity index (χ1n) is 10.0. The summed E-state index contributed by atoms with van der Waals surface area (Å²) < 4.78 is 1.59. The number of fused-ring (bicyclic) bond motifs is 2. The van der Waals surface area contributed by atoms with E-state index < -0.39 is 0 Å². The minimum absolute atomic E-state index is 0.0263. The van der Waals surface area contributed by atoms with Crippen LogP contribution in [0.15, 0.2) is 23.3 Å². The van der Waals surface area contributed by atoms with Crippen molar-refractivity contribution in [1.82, 2.24) is 29.6 Å². The third-order valence-corrected chi connectivity index (χ3v) is 5.90. The zero-order valence-corrected chi connectivity index (χ0v) is 16.4.